The summed E-state index contributed by atoms with van der Waals surface area (Å²) >= 11 is 0. The van der Waals surface area contributed by atoms with Crippen LogP contribution >= 0.6 is 0 Å². The van der Waals surface area contributed by atoms with Gasteiger partial charge in [0.15, 0.2) is 0 Å². The predicted octanol–water partition coefficient (Wildman–Crippen LogP) is 1.35. The summed E-state index contributed by atoms with van der Waals surface area (Å²) in [4.78, 5) is 24.7. The molecule has 8 heteroatoms. The minimum atomic E-state index is -0.418. The Labute approximate surface area is 144 Å². The second-order valence-corrected chi connectivity index (χ2v) is 6.18. The van der Waals surface area contributed by atoms with Gasteiger partial charge < -0.3 is 14.8 Å². The lowest BCUT2D eigenvalue weighted by molar-refractivity contribution is -0.119. The molecule has 8 nitrogen and oxygen atoms in total. The number of hydrogen-bond donors (Lipinski definition) is 2. The highest BCUT2D eigenvalue weighted by Crippen LogP contribution is 2.32. The first-order valence-corrected chi connectivity index (χ1v) is 8.09. The topological polar surface area (TPSA) is 96.5 Å². The Hall–Kier alpha value is -3.03. The summed E-state index contributed by atoms with van der Waals surface area (Å²) in [5, 5.41) is 9.71. The van der Waals surface area contributed by atoms with Gasteiger partial charge in [-0.25, -0.2) is 4.79 Å². The van der Waals surface area contributed by atoms with E-state index >= 15 is 0 Å². The number of H-pyrrole nitrogens is 1. The molecule has 2 aromatic rings. The lowest BCUT2D eigenvalue weighted by Gasteiger charge is -2.16. The smallest absolute Gasteiger partial charge is 0.414 e. The van der Waals surface area contributed by atoms with E-state index in [0.29, 0.717) is 26.1 Å². The van der Waals surface area contributed by atoms with Crippen LogP contribution in [0.3, 0.4) is 0 Å². The van der Waals surface area contributed by atoms with E-state index < -0.39 is 6.09 Å². The van der Waals surface area contributed by atoms with E-state index in [0.717, 1.165) is 28.3 Å². The molecular weight excluding hydrogens is 324 g/mol. The molecule has 1 atom stereocenters. The number of aromatic nitrogens is 2. The number of benzene rings is 1. The van der Waals surface area contributed by atoms with Crippen molar-refractivity contribution in [1.82, 2.24) is 15.5 Å². The Balaban J connectivity index is 1.52. The summed E-state index contributed by atoms with van der Waals surface area (Å²) in [5.74, 6) is 0.603. The molecule has 2 aliphatic rings. The summed E-state index contributed by atoms with van der Waals surface area (Å²) in [5.41, 5.74) is 3.84. The average molecular weight is 342 g/mol. The highest BCUT2D eigenvalue weighted by molar-refractivity contribution is 5.90. The molecule has 1 aromatic heterocycles. The molecule has 3 heterocycles. The molecule has 4 rings (SSSR count). The van der Waals surface area contributed by atoms with Crippen molar-refractivity contribution in [2.45, 2.75) is 26.1 Å². The molecule has 0 bridgehead atoms. The SMILES string of the molecule is CC(=O)NC[C@H]1CN(c2ccc3c(c2)OCc2cn[nH]c2C3)C(=O)O1. The highest BCUT2D eigenvalue weighted by Gasteiger charge is 2.33. The van der Waals surface area contributed by atoms with Crippen molar-refractivity contribution in [2.75, 3.05) is 18.0 Å². The average Bonchev–Trinajstić information content (AvgIpc) is 3.14. The van der Waals surface area contributed by atoms with Crippen LogP contribution in [-0.2, 0) is 22.6 Å². The maximum absolute atomic E-state index is 12.1. The van der Waals surface area contributed by atoms with E-state index in [1.165, 1.54) is 6.92 Å². The first-order valence-electron chi connectivity index (χ1n) is 8.09. The third-order valence-electron chi connectivity index (χ3n) is 4.37. The van der Waals surface area contributed by atoms with Crippen LogP contribution in [0.15, 0.2) is 24.4 Å². The fraction of sp³-hybridized carbons (Fsp3) is 0.353. The van der Waals surface area contributed by atoms with Crippen molar-refractivity contribution in [3.8, 4) is 5.75 Å². The highest BCUT2D eigenvalue weighted by atomic mass is 16.6. The Morgan fingerprint density at radius 2 is 2.32 bits per heavy atom. The third kappa shape index (κ3) is 3.02. The molecule has 0 aliphatic carbocycles. The molecule has 1 aromatic carbocycles. The van der Waals surface area contributed by atoms with Gasteiger partial charge >= 0.3 is 6.09 Å². The summed E-state index contributed by atoms with van der Waals surface area (Å²) in [7, 11) is 0. The van der Waals surface area contributed by atoms with Gasteiger partial charge in [-0.3, -0.25) is 14.8 Å². The zero-order valence-corrected chi connectivity index (χ0v) is 13.7. The molecule has 130 valence electrons. The Kier molecular flexibility index (Phi) is 3.79. The summed E-state index contributed by atoms with van der Waals surface area (Å²) in [6, 6.07) is 5.69. The van der Waals surface area contributed by atoms with Crippen LogP contribution in [0.25, 0.3) is 0 Å². The third-order valence-corrected chi connectivity index (χ3v) is 4.37. The van der Waals surface area contributed by atoms with Crippen LogP contribution in [0.5, 0.6) is 5.75 Å². The number of anilines is 1. The number of carbonyl (C=O) groups excluding carboxylic acids is 2. The summed E-state index contributed by atoms with van der Waals surface area (Å²) in [6.07, 6.45) is 1.70. The zero-order valence-electron chi connectivity index (χ0n) is 13.7. The van der Waals surface area contributed by atoms with Crippen molar-refractivity contribution < 1.29 is 19.1 Å². The second-order valence-electron chi connectivity index (χ2n) is 6.18. The molecule has 0 saturated carbocycles. The summed E-state index contributed by atoms with van der Waals surface area (Å²) in [6.45, 7) is 2.57. The molecular formula is C17H18N4O4. The molecule has 0 spiro atoms. The van der Waals surface area contributed by atoms with Crippen molar-refractivity contribution in [2.24, 2.45) is 0 Å². The van der Waals surface area contributed by atoms with E-state index in [1.54, 1.807) is 11.1 Å². The van der Waals surface area contributed by atoms with Gasteiger partial charge in [0.05, 0.1) is 25.0 Å². The second kappa shape index (κ2) is 6.12. The van der Waals surface area contributed by atoms with Crippen LogP contribution in [0, 0.1) is 0 Å². The number of rotatable bonds is 3. The largest absolute Gasteiger partial charge is 0.488 e. The van der Waals surface area contributed by atoms with Crippen LogP contribution in [0.1, 0.15) is 23.7 Å². The van der Waals surface area contributed by atoms with Gasteiger partial charge in [-0.05, 0) is 6.07 Å². The number of fused-ring (bicyclic) bond motifs is 2. The maximum Gasteiger partial charge on any atom is 0.414 e. The standard InChI is InChI=1S/C17H18N4O4/c1-10(22)18-7-14-8-21(17(23)25-14)13-3-2-11-4-15-12(6-19-20-15)9-24-16(11)5-13/h2-3,5-6,14H,4,7-9H2,1H3,(H,18,22)(H,19,20)/t14-/m0/s1. The molecule has 0 radical (unpaired) electrons. The molecule has 2 N–H and O–H groups in total. The van der Waals surface area contributed by atoms with Crippen LogP contribution in [0.4, 0.5) is 10.5 Å². The lowest BCUT2D eigenvalue weighted by Crippen LogP contribution is -2.33. The maximum atomic E-state index is 12.1. The number of nitrogens with zero attached hydrogens (tertiary/aromatic N) is 2. The van der Waals surface area contributed by atoms with E-state index in [4.69, 9.17) is 9.47 Å². The van der Waals surface area contributed by atoms with Crippen molar-refractivity contribution in [3.63, 3.8) is 0 Å². The Morgan fingerprint density at radius 3 is 3.16 bits per heavy atom. The van der Waals surface area contributed by atoms with Crippen molar-refractivity contribution in [3.05, 3.63) is 41.2 Å². The van der Waals surface area contributed by atoms with Gasteiger partial charge in [-0.1, -0.05) is 6.07 Å². The molecule has 1 fully saturated rings. The van der Waals surface area contributed by atoms with Crippen molar-refractivity contribution >= 4 is 17.7 Å². The fourth-order valence-electron chi connectivity index (χ4n) is 3.05. The van der Waals surface area contributed by atoms with Crippen LogP contribution < -0.4 is 15.0 Å². The molecule has 2 aliphatic heterocycles. The number of ether oxygens (including phenoxy) is 2. The number of cyclic esters (lactones) is 1. The lowest BCUT2D eigenvalue weighted by atomic mass is 10.1. The van der Waals surface area contributed by atoms with E-state index in [-0.39, 0.29) is 12.0 Å². The van der Waals surface area contributed by atoms with Gasteiger partial charge in [0.25, 0.3) is 0 Å². The zero-order chi connectivity index (χ0) is 17.4. The Morgan fingerprint density at radius 1 is 1.44 bits per heavy atom. The minimum absolute atomic E-state index is 0.148. The van der Waals surface area contributed by atoms with Gasteiger partial charge in [0.1, 0.15) is 18.5 Å². The molecule has 1 saturated heterocycles. The number of aromatic amines is 1. The van der Waals surface area contributed by atoms with E-state index in [2.05, 4.69) is 15.5 Å². The first kappa shape index (κ1) is 15.5. The van der Waals surface area contributed by atoms with E-state index in [1.807, 2.05) is 18.2 Å². The quantitative estimate of drug-likeness (QED) is 0.878. The molecule has 25 heavy (non-hydrogen) atoms. The van der Waals surface area contributed by atoms with E-state index in [9.17, 15) is 9.59 Å². The van der Waals surface area contributed by atoms with Crippen LogP contribution in [0.2, 0.25) is 0 Å². The van der Waals surface area contributed by atoms with Gasteiger partial charge in [0.2, 0.25) is 5.91 Å². The molecule has 0 unspecified atom stereocenters. The summed E-state index contributed by atoms with van der Waals surface area (Å²) < 4.78 is 11.2. The van der Waals surface area contributed by atoms with Crippen molar-refractivity contribution in [1.29, 1.82) is 0 Å². The minimum Gasteiger partial charge on any atom is -0.488 e. The molecule has 2 amide bonds. The predicted molar refractivity (Wildman–Crippen MR) is 88.5 cm³/mol. The van der Waals surface area contributed by atoms with Gasteiger partial charge in [-0.2, -0.15) is 5.10 Å². The van der Waals surface area contributed by atoms with Crippen LogP contribution in [-0.4, -0.2) is 41.4 Å². The first-order chi connectivity index (χ1) is 12.1. The van der Waals surface area contributed by atoms with Gasteiger partial charge in [0, 0.05) is 36.2 Å². The number of carbonyl (C=O) groups is 2. The normalized spacial score (nSPS) is 18.7. The monoisotopic (exact) mass is 342 g/mol. The number of nitrogens with one attached hydrogen (secondary N) is 2. The van der Waals surface area contributed by atoms with Gasteiger partial charge in [-0.15, -0.1) is 0 Å². The fourth-order valence-corrected chi connectivity index (χ4v) is 3.05. The Bertz CT molecular complexity index is 832. The number of amides is 2. The number of hydrogen-bond acceptors (Lipinski definition) is 5.